The summed E-state index contributed by atoms with van der Waals surface area (Å²) in [5.41, 5.74) is 3.33. The topological polar surface area (TPSA) is 88.5 Å². The fourth-order valence-electron chi connectivity index (χ4n) is 3.74. The molecule has 3 aromatic rings. The molecule has 0 fully saturated rings. The molecule has 198 valence electrons. The summed E-state index contributed by atoms with van der Waals surface area (Å²) in [6, 6.07) is 16.8. The van der Waals surface area contributed by atoms with Gasteiger partial charge in [-0.3, -0.25) is 4.79 Å². The number of hydrogen-bond acceptors (Lipinski definition) is 4. The van der Waals surface area contributed by atoms with E-state index in [9.17, 15) is 9.59 Å². The lowest BCUT2D eigenvalue weighted by Crippen LogP contribution is -2.41. The van der Waals surface area contributed by atoms with Crippen LogP contribution < -0.4 is 15.4 Å². The van der Waals surface area contributed by atoms with Crippen molar-refractivity contribution in [3.05, 3.63) is 65.9 Å². The van der Waals surface area contributed by atoms with Crippen LogP contribution in [0, 0.1) is 0 Å². The van der Waals surface area contributed by atoms with E-state index in [0.717, 1.165) is 36.4 Å². The van der Waals surface area contributed by atoms with Crippen molar-refractivity contribution in [3.63, 3.8) is 0 Å². The van der Waals surface area contributed by atoms with E-state index in [1.807, 2.05) is 54.6 Å². The highest BCUT2D eigenvalue weighted by Crippen LogP contribution is 2.27. The summed E-state index contributed by atoms with van der Waals surface area (Å²) < 4.78 is 6.98. The van der Waals surface area contributed by atoms with Crippen LogP contribution in [0.25, 0.3) is 5.69 Å². The van der Waals surface area contributed by atoms with Crippen molar-refractivity contribution in [1.29, 1.82) is 0 Å². The van der Waals surface area contributed by atoms with Gasteiger partial charge in [0.15, 0.2) is 0 Å². The Morgan fingerprint density at radius 2 is 1.68 bits per heavy atom. The fourth-order valence-corrected chi connectivity index (χ4v) is 3.74. The van der Waals surface area contributed by atoms with Crippen LogP contribution in [0.2, 0.25) is 0 Å². The minimum atomic E-state index is -0.299. The van der Waals surface area contributed by atoms with E-state index in [4.69, 9.17) is 9.84 Å². The highest BCUT2D eigenvalue weighted by molar-refractivity contribution is 5.96. The number of aromatic nitrogens is 2. The van der Waals surface area contributed by atoms with Gasteiger partial charge in [-0.05, 0) is 54.8 Å². The second kappa shape index (κ2) is 12.4. The maximum Gasteiger partial charge on any atom is 0.322 e. The third kappa shape index (κ3) is 7.59. The number of nitrogens with one attached hydrogen (secondary N) is 2. The Morgan fingerprint density at radius 3 is 2.24 bits per heavy atom. The van der Waals surface area contributed by atoms with E-state index in [1.165, 1.54) is 5.56 Å². The zero-order valence-electron chi connectivity index (χ0n) is 22.8. The van der Waals surface area contributed by atoms with Gasteiger partial charge in [-0.25, -0.2) is 9.48 Å². The number of amides is 3. The van der Waals surface area contributed by atoms with Gasteiger partial charge in [0.1, 0.15) is 18.1 Å². The normalized spacial score (nSPS) is 11.2. The van der Waals surface area contributed by atoms with Crippen LogP contribution in [0.4, 0.5) is 16.3 Å². The first-order valence-corrected chi connectivity index (χ1v) is 12.8. The van der Waals surface area contributed by atoms with Crippen molar-refractivity contribution < 1.29 is 14.3 Å². The number of ether oxygens (including phenoxy) is 1. The van der Waals surface area contributed by atoms with E-state index >= 15 is 0 Å². The van der Waals surface area contributed by atoms with E-state index in [1.54, 1.807) is 16.7 Å². The second-order valence-corrected chi connectivity index (χ2v) is 10.1. The molecule has 37 heavy (non-hydrogen) atoms. The van der Waals surface area contributed by atoms with Crippen molar-refractivity contribution in [3.8, 4) is 11.4 Å². The Kier molecular flexibility index (Phi) is 9.33. The minimum Gasteiger partial charge on any atom is -0.497 e. The number of carbonyl (C=O) groups is 2. The van der Waals surface area contributed by atoms with E-state index in [2.05, 4.69) is 45.3 Å². The highest BCUT2D eigenvalue weighted by atomic mass is 16.5. The van der Waals surface area contributed by atoms with Gasteiger partial charge < -0.3 is 20.3 Å². The summed E-state index contributed by atoms with van der Waals surface area (Å²) >= 11 is 0. The number of carbonyl (C=O) groups excluding carboxylic acids is 2. The number of unbranched alkanes of at least 4 members (excludes halogenated alkanes) is 1. The van der Waals surface area contributed by atoms with Gasteiger partial charge >= 0.3 is 6.03 Å². The molecule has 0 unspecified atom stereocenters. The summed E-state index contributed by atoms with van der Waals surface area (Å²) in [6.45, 7) is 10.8. The molecule has 0 bridgehead atoms. The molecule has 2 aromatic carbocycles. The number of hydrogen-bond donors (Lipinski definition) is 2. The zero-order chi connectivity index (χ0) is 27.0. The summed E-state index contributed by atoms with van der Waals surface area (Å²) in [5, 5.41) is 10.7. The fraction of sp³-hybridized carbons (Fsp3) is 0.414. The Hall–Kier alpha value is -3.81. The van der Waals surface area contributed by atoms with Gasteiger partial charge in [0.2, 0.25) is 5.91 Å². The van der Waals surface area contributed by atoms with Crippen molar-refractivity contribution in [2.75, 3.05) is 30.8 Å². The molecule has 0 aliphatic carbocycles. The minimum absolute atomic E-state index is 0.0719. The van der Waals surface area contributed by atoms with Crippen LogP contribution in [-0.2, 0) is 16.6 Å². The maximum atomic E-state index is 13.2. The molecular weight excluding hydrogens is 466 g/mol. The molecule has 0 radical (unpaired) electrons. The summed E-state index contributed by atoms with van der Waals surface area (Å²) in [5.74, 6) is 0.994. The van der Waals surface area contributed by atoms with Gasteiger partial charge in [0, 0.05) is 23.7 Å². The lowest BCUT2D eigenvalue weighted by atomic mass is 9.92. The molecule has 2 N–H and O–H groups in total. The first kappa shape index (κ1) is 27.8. The average molecular weight is 506 g/mol. The number of rotatable bonds is 10. The van der Waals surface area contributed by atoms with E-state index in [0.29, 0.717) is 18.1 Å². The van der Waals surface area contributed by atoms with Gasteiger partial charge in [-0.2, -0.15) is 5.10 Å². The van der Waals surface area contributed by atoms with Crippen LogP contribution in [0.5, 0.6) is 5.75 Å². The van der Waals surface area contributed by atoms with Gasteiger partial charge in [-0.15, -0.1) is 0 Å². The van der Waals surface area contributed by atoms with Crippen LogP contribution in [0.3, 0.4) is 0 Å². The maximum absolute atomic E-state index is 13.2. The molecule has 8 nitrogen and oxygen atoms in total. The molecule has 1 aromatic heterocycles. The van der Waals surface area contributed by atoms with Crippen molar-refractivity contribution in [2.24, 2.45) is 0 Å². The first-order chi connectivity index (χ1) is 17.6. The number of nitrogens with zero attached hydrogens (tertiary/aromatic N) is 3. The number of methoxy groups -OCH3 is 1. The third-order valence-corrected chi connectivity index (χ3v) is 6.08. The molecule has 0 aliphatic rings. The van der Waals surface area contributed by atoms with Crippen LogP contribution in [-0.4, -0.2) is 46.8 Å². The lowest BCUT2D eigenvalue weighted by molar-refractivity contribution is -0.116. The summed E-state index contributed by atoms with van der Waals surface area (Å²) in [7, 11) is 1.62. The molecule has 0 saturated carbocycles. The number of urea groups is 1. The molecule has 1 heterocycles. The molecule has 8 heteroatoms. The Morgan fingerprint density at radius 1 is 1.00 bits per heavy atom. The quantitative estimate of drug-likeness (QED) is 0.353. The molecule has 0 atom stereocenters. The largest absolute Gasteiger partial charge is 0.497 e. The lowest BCUT2D eigenvalue weighted by Gasteiger charge is -2.22. The van der Waals surface area contributed by atoms with E-state index < -0.39 is 0 Å². The monoisotopic (exact) mass is 505 g/mol. The predicted molar refractivity (Wildman–Crippen MR) is 149 cm³/mol. The van der Waals surface area contributed by atoms with Crippen molar-refractivity contribution in [2.45, 2.75) is 59.3 Å². The molecule has 3 amide bonds. The summed E-state index contributed by atoms with van der Waals surface area (Å²) in [6.07, 6.45) is 2.64. The Labute approximate surface area is 220 Å². The number of aryl methyl sites for hydroxylation is 1. The Balaban J connectivity index is 1.79. The molecule has 0 spiro atoms. The van der Waals surface area contributed by atoms with Crippen molar-refractivity contribution in [1.82, 2.24) is 14.7 Å². The smallest absolute Gasteiger partial charge is 0.322 e. The first-order valence-electron chi connectivity index (χ1n) is 12.8. The predicted octanol–water partition coefficient (Wildman–Crippen LogP) is 6.01. The third-order valence-electron chi connectivity index (χ3n) is 6.08. The molecular formula is C29H39N5O3. The molecule has 0 saturated heterocycles. The molecule has 3 rings (SSSR count). The number of benzene rings is 2. The van der Waals surface area contributed by atoms with Gasteiger partial charge in [0.25, 0.3) is 0 Å². The second-order valence-electron chi connectivity index (χ2n) is 10.1. The standard InChI is InChI=1S/C29H39N5O3/c1-7-9-18-33(28(36)30-22-12-10-21(8-2)11-13-22)20-27(35)31-26-19-25(29(3,4)5)32-34(26)23-14-16-24(37-6)17-15-23/h10-17,19H,7-9,18,20H2,1-6H3,(H,30,36)(H,31,35). The number of anilines is 2. The van der Waals surface area contributed by atoms with Crippen molar-refractivity contribution >= 4 is 23.4 Å². The zero-order valence-corrected chi connectivity index (χ0v) is 22.8. The van der Waals surface area contributed by atoms with E-state index in [-0.39, 0.29) is 23.9 Å². The van der Waals surface area contributed by atoms with Crippen LogP contribution >= 0.6 is 0 Å². The Bertz CT molecular complexity index is 1180. The average Bonchev–Trinajstić information content (AvgIpc) is 3.31. The van der Waals surface area contributed by atoms with Gasteiger partial charge in [-0.1, -0.05) is 53.2 Å². The highest BCUT2D eigenvalue weighted by Gasteiger charge is 2.23. The summed E-state index contributed by atoms with van der Waals surface area (Å²) in [4.78, 5) is 27.8. The van der Waals surface area contributed by atoms with Crippen LogP contribution in [0.15, 0.2) is 54.6 Å². The van der Waals surface area contributed by atoms with Gasteiger partial charge in [0.05, 0.1) is 18.5 Å². The van der Waals surface area contributed by atoms with Crippen LogP contribution in [0.1, 0.15) is 58.7 Å². The molecule has 0 aliphatic heterocycles. The SMILES string of the molecule is CCCCN(CC(=O)Nc1cc(C(C)(C)C)nn1-c1ccc(OC)cc1)C(=O)Nc1ccc(CC)cc1.